The first-order valence-corrected chi connectivity index (χ1v) is 9.90. The number of carbonyl (C=O) groups excluding carboxylic acids is 3. The van der Waals surface area contributed by atoms with Gasteiger partial charge in [-0.3, -0.25) is 19.3 Å². The smallest absolute Gasteiger partial charge is 0.262 e. The third-order valence-corrected chi connectivity index (χ3v) is 6.03. The number of amides is 3. The van der Waals surface area contributed by atoms with E-state index in [1.165, 1.54) is 5.56 Å². The van der Waals surface area contributed by atoms with Crippen molar-refractivity contribution in [3.05, 3.63) is 70.3 Å². The van der Waals surface area contributed by atoms with Crippen LogP contribution in [0.1, 0.15) is 56.7 Å². The number of rotatable bonds is 5. The van der Waals surface area contributed by atoms with E-state index in [1.54, 1.807) is 25.1 Å². The number of hydrogen-bond acceptors (Lipinski definition) is 4. The monoisotopic (exact) mass is 392 g/mol. The summed E-state index contributed by atoms with van der Waals surface area (Å²) in [6.07, 6.45) is 1.74. The molecule has 3 atom stereocenters. The van der Waals surface area contributed by atoms with E-state index in [1.807, 2.05) is 25.1 Å². The second-order valence-corrected chi connectivity index (χ2v) is 7.85. The van der Waals surface area contributed by atoms with Gasteiger partial charge in [-0.2, -0.15) is 0 Å². The van der Waals surface area contributed by atoms with E-state index in [9.17, 15) is 19.5 Å². The lowest BCUT2D eigenvalue weighted by molar-refractivity contribution is -0.125. The van der Waals surface area contributed by atoms with Crippen molar-refractivity contribution in [3.8, 4) is 0 Å². The number of hydrogen-bond donors (Lipinski definition) is 2. The molecular formula is C23H24N2O4. The SMILES string of the molecule is Cc1ccc2c(c1)C(=O)N(C(C)C(=O)NC(CO)C1CCc3ccccc31)C2=O. The number of imide groups is 1. The summed E-state index contributed by atoms with van der Waals surface area (Å²) in [6, 6.07) is 11.7. The zero-order chi connectivity index (χ0) is 20.7. The van der Waals surface area contributed by atoms with Crippen molar-refractivity contribution >= 4 is 17.7 Å². The first-order chi connectivity index (χ1) is 13.9. The van der Waals surface area contributed by atoms with Crippen molar-refractivity contribution in [2.75, 3.05) is 6.61 Å². The van der Waals surface area contributed by atoms with Crippen molar-refractivity contribution < 1.29 is 19.5 Å². The van der Waals surface area contributed by atoms with Crippen LogP contribution in [0.15, 0.2) is 42.5 Å². The Labute approximate surface area is 169 Å². The Bertz CT molecular complexity index is 1000. The van der Waals surface area contributed by atoms with Crippen LogP contribution < -0.4 is 5.32 Å². The van der Waals surface area contributed by atoms with E-state index < -0.39 is 29.8 Å². The minimum absolute atomic E-state index is 0.0113. The molecule has 3 unspecified atom stereocenters. The minimum Gasteiger partial charge on any atom is -0.394 e. The molecule has 150 valence electrons. The molecule has 0 aromatic heterocycles. The van der Waals surface area contributed by atoms with Crippen LogP contribution in [0, 0.1) is 6.92 Å². The van der Waals surface area contributed by atoms with Crippen molar-refractivity contribution in [1.82, 2.24) is 10.2 Å². The summed E-state index contributed by atoms with van der Waals surface area (Å²) in [4.78, 5) is 39.4. The average molecular weight is 392 g/mol. The second-order valence-electron chi connectivity index (χ2n) is 7.85. The van der Waals surface area contributed by atoms with Gasteiger partial charge in [0.15, 0.2) is 0 Å². The molecule has 2 aromatic rings. The molecular weight excluding hydrogens is 368 g/mol. The van der Waals surface area contributed by atoms with Gasteiger partial charge in [0, 0.05) is 5.92 Å². The number of nitrogens with one attached hydrogen (secondary N) is 1. The van der Waals surface area contributed by atoms with Gasteiger partial charge in [0.1, 0.15) is 6.04 Å². The van der Waals surface area contributed by atoms with Gasteiger partial charge in [0.2, 0.25) is 5.91 Å². The molecule has 2 aliphatic rings. The van der Waals surface area contributed by atoms with Gasteiger partial charge >= 0.3 is 0 Å². The molecule has 0 fully saturated rings. The lowest BCUT2D eigenvalue weighted by Crippen LogP contribution is -2.52. The molecule has 3 amide bonds. The molecule has 0 spiro atoms. The van der Waals surface area contributed by atoms with E-state index >= 15 is 0 Å². The molecule has 0 radical (unpaired) electrons. The Balaban J connectivity index is 1.51. The van der Waals surface area contributed by atoms with Gasteiger partial charge in [-0.1, -0.05) is 35.9 Å². The van der Waals surface area contributed by atoms with Crippen LogP contribution in [0.3, 0.4) is 0 Å². The molecule has 2 N–H and O–H groups in total. The molecule has 29 heavy (non-hydrogen) atoms. The first-order valence-electron chi connectivity index (χ1n) is 9.90. The van der Waals surface area contributed by atoms with Crippen LogP contribution in [0.2, 0.25) is 0 Å². The van der Waals surface area contributed by atoms with Crippen molar-refractivity contribution in [2.24, 2.45) is 0 Å². The highest BCUT2D eigenvalue weighted by Crippen LogP contribution is 2.35. The standard InChI is InChI=1S/C23H24N2O4/c1-13-7-9-18-19(11-13)23(29)25(22(18)28)14(2)21(27)24-20(12-26)17-10-8-15-5-3-4-6-16(15)17/h3-7,9,11,14,17,20,26H,8,10,12H2,1-2H3,(H,24,27). The van der Waals surface area contributed by atoms with Gasteiger partial charge in [0.25, 0.3) is 11.8 Å². The fourth-order valence-corrected chi connectivity index (χ4v) is 4.43. The third kappa shape index (κ3) is 3.23. The van der Waals surface area contributed by atoms with Gasteiger partial charge in [-0.25, -0.2) is 0 Å². The van der Waals surface area contributed by atoms with Gasteiger partial charge in [-0.15, -0.1) is 0 Å². The summed E-state index contributed by atoms with van der Waals surface area (Å²) >= 11 is 0. The number of aryl methyl sites for hydroxylation is 2. The summed E-state index contributed by atoms with van der Waals surface area (Å²) in [5, 5.41) is 12.8. The lowest BCUT2D eigenvalue weighted by Gasteiger charge is -2.28. The maximum absolute atomic E-state index is 12.9. The maximum atomic E-state index is 12.9. The van der Waals surface area contributed by atoms with Crippen LogP contribution >= 0.6 is 0 Å². The van der Waals surface area contributed by atoms with Crippen LogP contribution in [-0.4, -0.2) is 46.4 Å². The minimum atomic E-state index is -0.964. The topological polar surface area (TPSA) is 86.7 Å². The first kappa shape index (κ1) is 19.3. The van der Waals surface area contributed by atoms with Crippen LogP contribution in [0.25, 0.3) is 0 Å². The average Bonchev–Trinajstić information content (AvgIpc) is 3.25. The van der Waals surface area contributed by atoms with Gasteiger partial charge in [-0.05, 0) is 49.9 Å². The summed E-state index contributed by atoms with van der Waals surface area (Å²) < 4.78 is 0. The number of aliphatic hydroxyl groups excluding tert-OH is 1. The van der Waals surface area contributed by atoms with Crippen LogP contribution in [-0.2, 0) is 11.2 Å². The lowest BCUT2D eigenvalue weighted by atomic mass is 9.93. The van der Waals surface area contributed by atoms with Crippen LogP contribution in [0.4, 0.5) is 0 Å². The third-order valence-electron chi connectivity index (χ3n) is 6.03. The fraction of sp³-hybridized carbons (Fsp3) is 0.348. The molecule has 0 saturated heterocycles. The molecule has 1 aliphatic carbocycles. The van der Waals surface area contributed by atoms with E-state index in [0.29, 0.717) is 11.1 Å². The molecule has 0 saturated carbocycles. The highest BCUT2D eigenvalue weighted by Gasteiger charge is 2.41. The predicted octanol–water partition coefficient (Wildman–Crippen LogP) is 2.19. The number of benzene rings is 2. The zero-order valence-corrected chi connectivity index (χ0v) is 16.5. The van der Waals surface area contributed by atoms with E-state index in [2.05, 4.69) is 11.4 Å². The zero-order valence-electron chi connectivity index (χ0n) is 16.5. The number of aliphatic hydroxyl groups is 1. The summed E-state index contributed by atoms with van der Waals surface area (Å²) in [6.45, 7) is 3.18. The van der Waals surface area contributed by atoms with Crippen molar-refractivity contribution in [3.63, 3.8) is 0 Å². The van der Waals surface area contributed by atoms with Gasteiger partial charge in [0.05, 0.1) is 23.8 Å². The highest BCUT2D eigenvalue weighted by atomic mass is 16.3. The largest absolute Gasteiger partial charge is 0.394 e. The Morgan fingerprint density at radius 2 is 1.90 bits per heavy atom. The van der Waals surface area contributed by atoms with E-state index in [-0.39, 0.29) is 12.5 Å². The normalized spacial score (nSPS) is 19.7. The molecule has 4 rings (SSSR count). The number of nitrogens with zero attached hydrogens (tertiary/aromatic N) is 1. The number of fused-ring (bicyclic) bond motifs is 2. The molecule has 6 nitrogen and oxygen atoms in total. The van der Waals surface area contributed by atoms with Gasteiger partial charge < -0.3 is 10.4 Å². The Kier molecular flexibility index (Phi) is 4.96. The molecule has 1 heterocycles. The molecule has 6 heteroatoms. The molecule has 2 aromatic carbocycles. The van der Waals surface area contributed by atoms with Crippen molar-refractivity contribution in [1.29, 1.82) is 0 Å². The van der Waals surface area contributed by atoms with Crippen molar-refractivity contribution in [2.45, 2.75) is 44.7 Å². The molecule has 0 bridgehead atoms. The quantitative estimate of drug-likeness (QED) is 0.764. The fourth-order valence-electron chi connectivity index (χ4n) is 4.43. The maximum Gasteiger partial charge on any atom is 0.262 e. The summed E-state index contributed by atoms with van der Waals surface area (Å²) in [7, 11) is 0. The number of carbonyl (C=O) groups is 3. The predicted molar refractivity (Wildman–Crippen MR) is 108 cm³/mol. The Morgan fingerprint density at radius 1 is 1.17 bits per heavy atom. The van der Waals surface area contributed by atoms with Crippen LogP contribution in [0.5, 0.6) is 0 Å². The summed E-state index contributed by atoms with van der Waals surface area (Å²) in [5.41, 5.74) is 3.90. The highest BCUT2D eigenvalue weighted by molar-refractivity contribution is 6.22. The van der Waals surface area contributed by atoms with E-state index in [0.717, 1.165) is 28.9 Å². The van der Waals surface area contributed by atoms with E-state index in [4.69, 9.17) is 0 Å². The molecule has 1 aliphatic heterocycles. The summed E-state index contributed by atoms with van der Waals surface area (Å²) in [5.74, 6) is -1.35. The second kappa shape index (κ2) is 7.44. The Hall–Kier alpha value is -2.99. The Morgan fingerprint density at radius 3 is 2.66 bits per heavy atom.